The smallest absolute Gasteiger partial charge is 0.251 e. The number of carbonyl (C=O) groups is 2. The first-order valence-electron chi connectivity index (χ1n) is 9.90. The summed E-state index contributed by atoms with van der Waals surface area (Å²) >= 11 is 0. The molecule has 0 heterocycles. The number of hydrogen-bond acceptors (Lipinski definition) is 2. The van der Waals surface area contributed by atoms with E-state index >= 15 is 0 Å². The van der Waals surface area contributed by atoms with Crippen molar-refractivity contribution in [3.63, 3.8) is 0 Å². The van der Waals surface area contributed by atoms with Crippen LogP contribution in [0.1, 0.15) is 87.9 Å². The van der Waals surface area contributed by atoms with E-state index in [1.165, 1.54) is 38.5 Å². The topological polar surface area (TPSA) is 58.2 Å². The van der Waals surface area contributed by atoms with Gasteiger partial charge in [0.15, 0.2) is 0 Å². The van der Waals surface area contributed by atoms with Gasteiger partial charge in [-0.25, -0.2) is 0 Å². The Bertz CT molecular complexity index is 533. The summed E-state index contributed by atoms with van der Waals surface area (Å²) in [5.74, 6) is 0.0385. The summed E-state index contributed by atoms with van der Waals surface area (Å²) in [7, 11) is 0. The lowest BCUT2D eigenvalue weighted by molar-refractivity contribution is -0.116. The Hall–Kier alpha value is -1.84. The molecule has 0 aliphatic heterocycles. The van der Waals surface area contributed by atoms with Crippen LogP contribution < -0.4 is 10.6 Å². The molecule has 2 rings (SSSR count). The van der Waals surface area contributed by atoms with Crippen LogP contribution >= 0.6 is 0 Å². The molecule has 2 amide bonds. The molecule has 1 aliphatic rings. The summed E-state index contributed by atoms with van der Waals surface area (Å²) in [6, 6.07) is 7.51. The fourth-order valence-corrected chi connectivity index (χ4v) is 3.33. The highest BCUT2D eigenvalue weighted by Crippen LogP contribution is 2.18. The predicted molar refractivity (Wildman–Crippen MR) is 103 cm³/mol. The average Bonchev–Trinajstić information content (AvgIpc) is 2.63. The van der Waals surface area contributed by atoms with Crippen molar-refractivity contribution in [2.24, 2.45) is 0 Å². The van der Waals surface area contributed by atoms with Gasteiger partial charge >= 0.3 is 0 Å². The van der Waals surface area contributed by atoms with E-state index in [0.717, 1.165) is 31.4 Å². The number of anilines is 1. The fraction of sp³-hybridized carbons (Fsp3) is 0.619. The van der Waals surface area contributed by atoms with Gasteiger partial charge in [-0.15, -0.1) is 0 Å². The Morgan fingerprint density at radius 2 is 1.64 bits per heavy atom. The predicted octanol–water partition coefficient (Wildman–Crippen LogP) is 5.05. The van der Waals surface area contributed by atoms with Crippen LogP contribution in [0.25, 0.3) is 0 Å². The number of rotatable bonds is 9. The van der Waals surface area contributed by atoms with Crippen molar-refractivity contribution in [3.8, 4) is 0 Å². The SMILES string of the molecule is CCCCCCCC(=O)Nc1ccc(C(=O)NC2CCCCC2)cc1. The first kappa shape index (κ1) is 19.5. The Morgan fingerprint density at radius 1 is 0.960 bits per heavy atom. The number of nitrogens with one attached hydrogen (secondary N) is 2. The molecule has 1 aliphatic carbocycles. The van der Waals surface area contributed by atoms with Gasteiger partial charge in [-0.3, -0.25) is 9.59 Å². The maximum absolute atomic E-state index is 12.3. The number of amides is 2. The van der Waals surface area contributed by atoms with Crippen molar-refractivity contribution >= 4 is 17.5 Å². The van der Waals surface area contributed by atoms with E-state index in [9.17, 15) is 9.59 Å². The molecule has 4 nitrogen and oxygen atoms in total. The molecular weight excluding hydrogens is 312 g/mol. The molecule has 1 aromatic carbocycles. The lowest BCUT2D eigenvalue weighted by Crippen LogP contribution is -2.36. The second-order valence-corrected chi connectivity index (χ2v) is 7.10. The summed E-state index contributed by atoms with van der Waals surface area (Å²) in [5, 5.41) is 6.02. The molecule has 0 aromatic heterocycles. The molecular formula is C21H32N2O2. The van der Waals surface area contributed by atoms with Gasteiger partial charge in [-0.1, -0.05) is 51.9 Å². The van der Waals surface area contributed by atoms with Crippen LogP contribution in [0.3, 0.4) is 0 Å². The molecule has 138 valence electrons. The summed E-state index contributed by atoms with van der Waals surface area (Å²) in [5.41, 5.74) is 1.41. The van der Waals surface area contributed by atoms with Crippen molar-refractivity contribution in [2.45, 2.75) is 83.6 Å². The number of unbranched alkanes of at least 4 members (excludes halogenated alkanes) is 4. The highest BCUT2D eigenvalue weighted by Gasteiger charge is 2.16. The van der Waals surface area contributed by atoms with Crippen molar-refractivity contribution in [1.29, 1.82) is 0 Å². The van der Waals surface area contributed by atoms with Crippen LogP contribution in [0.4, 0.5) is 5.69 Å². The zero-order chi connectivity index (χ0) is 17.9. The second kappa shape index (κ2) is 10.9. The van der Waals surface area contributed by atoms with Gasteiger partial charge in [0.2, 0.25) is 5.91 Å². The minimum atomic E-state index is -0.0132. The first-order chi connectivity index (χ1) is 12.2. The van der Waals surface area contributed by atoms with E-state index in [0.29, 0.717) is 18.0 Å². The molecule has 0 radical (unpaired) electrons. The highest BCUT2D eigenvalue weighted by molar-refractivity contribution is 5.95. The molecule has 25 heavy (non-hydrogen) atoms. The monoisotopic (exact) mass is 344 g/mol. The third kappa shape index (κ3) is 7.29. The van der Waals surface area contributed by atoms with Crippen LogP contribution in [-0.2, 0) is 4.79 Å². The Morgan fingerprint density at radius 3 is 2.32 bits per heavy atom. The average molecular weight is 344 g/mol. The fourth-order valence-electron chi connectivity index (χ4n) is 3.33. The Labute approximate surface area is 151 Å². The number of carbonyl (C=O) groups excluding carboxylic acids is 2. The first-order valence-corrected chi connectivity index (χ1v) is 9.90. The molecule has 0 bridgehead atoms. The second-order valence-electron chi connectivity index (χ2n) is 7.10. The van der Waals surface area contributed by atoms with Gasteiger partial charge in [0, 0.05) is 23.7 Å². The largest absolute Gasteiger partial charge is 0.349 e. The Kier molecular flexibility index (Phi) is 8.50. The molecule has 0 spiro atoms. The third-order valence-electron chi connectivity index (χ3n) is 4.88. The summed E-state index contributed by atoms with van der Waals surface area (Å²) in [6.45, 7) is 2.19. The normalized spacial score (nSPS) is 14.9. The van der Waals surface area contributed by atoms with Gasteiger partial charge < -0.3 is 10.6 Å². The lowest BCUT2D eigenvalue weighted by Gasteiger charge is -2.22. The summed E-state index contributed by atoms with van der Waals surface area (Å²) in [6.07, 6.45) is 12.1. The lowest BCUT2D eigenvalue weighted by atomic mass is 9.95. The Balaban J connectivity index is 1.73. The van der Waals surface area contributed by atoms with E-state index in [2.05, 4.69) is 17.6 Å². The van der Waals surface area contributed by atoms with E-state index < -0.39 is 0 Å². The van der Waals surface area contributed by atoms with E-state index in [-0.39, 0.29) is 11.8 Å². The van der Waals surface area contributed by atoms with Gasteiger partial charge in [-0.05, 0) is 43.5 Å². The summed E-state index contributed by atoms with van der Waals surface area (Å²) < 4.78 is 0. The quantitative estimate of drug-likeness (QED) is 0.616. The molecule has 1 fully saturated rings. The van der Waals surface area contributed by atoms with E-state index in [1.807, 2.05) is 12.1 Å². The van der Waals surface area contributed by atoms with Crippen LogP contribution in [-0.4, -0.2) is 17.9 Å². The molecule has 0 unspecified atom stereocenters. The van der Waals surface area contributed by atoms with E-state index in [4.69, 9.17) is 0 Å². The highest BCUT2D eigenvalue weighted by atomic mass is 16.2. The minimum Gasteiger partial charge on any atom is -0.349 e. The van der Waals surface area contributed by atoms with Crippen LogP contribution in [0.2, 0.25) is 0 Å². The molecule has 4 heteroatoms. The van der Waals surface area contributed by atoms with Crippen molar-refractivity contribution in [2.75, 3.05) is 5.32 Å². The molecule has 0 atom stereocenters. The molecule has 0 saturated heterocycles. The standard InChI is InChI=1S/C21H32N2O2/c1-2-3-4-5-9-12-20(24)22-19-15-13-17(14-16-19)21(25)23-18-10-7-6-8-11-18/h13-16,18H,2-12H2,1H3,(H,22,24)(H,23,25). The van der Waals surface area contributed by atoms with E-state index in [1.54, 1.807) is 12.1 Å². The van der Waals surface area contributed by atoms with Gasteiger partial charge in [0.25, 0.3) is 5.91 Å². The van der Waals surface area contributed by atoms with Crippen molar-refractivity contribution < 1.29 is 9.59 Å². The minimum absolute atomic E-state index is 0.0132. The van der Waals surface area contributed by atoms with Crippen LogP contribution in [0.15, 0.2) is 24.3 Å². The van der Waals surface area contributed by atoms with Crippen LogP contribution in [0, 0.1) is 0 Å². The maximum Gasteiger partial charge on any atom is 0.251 e. The number of benzene rings is 1. The maximum atomic E-state index is 12.3. The molecule has 1 aromatic rings. The van der Waals surface area contributed by atoms with Gasteiger partial charge in [-0.2, -0.15) is 0 Å². The van der Waals surface area contributed by atoms with Crippen molar-refractivity contribution in [3.05, 3.63) is 29.8 Å². The van der Waals surface area contributed by atoms with Crippen molar-refractivity contribution in [1.82, 2.24) is 5.32 Å². The zero-order valence-corrected chi connectivity index (χ0v) is 15.5. The number of hydrogen-bond donors (Lipinski definition) is 2. The zero-order valence-electron chi connectivity index (χ0n) is 15.5. The van der Waals surface area contributed by atoms with Crippen LogP contribution in [0.5, 0.6) is 0 Å². The van der Waals surface area contributed by atoms with Gasteiger partial charge in [0.1, 0.15) is 0 Å². The van der Waals surface area contributed by atoms with Gasteiger partial charge in [0.05, 0.1) is 0 Å². The summed E-state index contributed by atoms with van der Waals surface area (Å²) in [4.78, 5) is 24.2. The third-order valence-corrected chi connectivity index (χ3v) is 4.88. The molecule has 1 saturated carbocycles. The molecule has 2 N–H and O–H groups in total.